The molecule has 0 bridgehead atoms. The number of carbonyl (C=O) groups is 1. The van der Waals surface area contributed by atoms with Crippen molar-refractivity contribution in [3.63, 3.8) is 0 Å². The standard InChI is InChI=1S/C14H17N3O/c15-14(5-1-6-14)9-17-13(18)11-3-2-10-4-7-16-12(10)8-11/h2-4,7-8,16H,1,5-6,9,15H2,(H,17,18). The molecule has 0 atom stereocenters. The Labute approximate surface area is 106 Å². The highest BCUT2D eigenvalue weighted by Crippen LogP contribution is 2.28. The van der Waals surface area contributed by atoms with E-state index >= 15 is 0 Å². The zero-order chi connectivity index (χ0) is 12.6. The molecule has 4 N–H and O–H groups in total. The number of rotatable bonds is 3. The Morgan fingerprint density at radius 2 is 2.22 bits per heavy atom. The average Bonchev–Trinajstić information content (AvgIpc) is 2.80. The zero-order valence-electron chi connectivity index (χ0n) is 10.2. The molecule has 2 aromatic rings. The first-order valence-electron chi connectivity index (χ1n) is 6.31. The maximum atomic E-state index is 12.0. The van der Waals surface area contributed by atoms with Gasteiger partial charge in [0.2, 0.25) is 0 Å². The average molecular weight is 243 g/mol. The fourth-order valence-electron chi connectivity index (χ4n) is 2.36. The van der Waals surface area contributed by atoms with Gasteiger partial charge in [-0.15, -0.1) is 0 Å². The number of fused-ring (bicyclic) bond motifs is 1. The highest BCUT2D eigenvalue weighted by atomic mass is 16.1. The van der Waals surface area contributed by atoms with E-state index in [1.165, 1.54) is 6.42 Å². The molecule has 1 amide bonds. The first-order valence-corrected chi connectivity index (χ1v) is 6.31. The summed E-state index contributed by atoms with van der Waals surface area (Å²) in [6.07, 6.45) is 5.04. The van der Waals surface area contributed by atoms with Gasteiger partial charge in [-0.25, -0.2) is 0 Å². The molecule has 0 aliphatic heterocycles. The van der Waals surface area contributed by atoms with Crippen LogP contribution in [0.25, 0.3) is 10.9 Å². The largest absolute Gasteiger partial charge is 0.361 e. The molecule has 1 aromatic heterocycles. The van der Waals surface area contributed by atoms with Crippen LogP contribution in [0, 0.1) is 0 Å². The van der Waals surface area contributed by atoms with E-state index in [9.17, 15) is 4.79 Å². The van der Waals surface area contributed by atoms with Gasteiger partial charge in [-0.05, 0) is 42.8 Å². The molecule has 1 aromatic carbocycles. The number of benzene rings is 1. The first-order chi connectivity index (χ1) is 8.66. The second kappa shape index (κ2) is 4.14. The van der Waals surface area contributed by atoms with E-state index in [0.29, 0.717) is 12.1 Å². The molecule has 0 saturated heterocycles. The van der Waals surface area contributed by atoms with Crippen LogP contribution in [0.2, 0.25) is 0 Å². The van der Waals surface area contributed by atoms with Crippen LogP contribution in [0.3, 0.4) is 0 Å². The normalized spacial score (nSPS) is 17.4. The highest BCUT2D eigenvalue weighted by Gasteiger charge is 2.32. The summed E-state index contributed by atoms with van der Waals surface area (Å²) >= 11 is 0. The Morgan fingerprint density at radius 1 is 1.39 bits per heavy atom. The lowest BCUT2D eigenvalue weighted by Crippen LogP contribution is -2.54. The predicted molar refractivity (Wildman–Crippen MR) is 71.4 cm³/mol. The van der Waals surface area contributed by atoms with Crippen LogP contribution in [0.5, 0.6) is 0 Å². The molecule has 4 heteroatoms. The van der Waals surface area contributed by atoms with Crippen LogP contribution in [0.15, 0.2) is 30.5 Å². The molecule has 18 heavy (non-hydrogen) atoms. The molecule has 0 radical (unpaired) electrons. The molecule has 1 heterocycles. The quantitative estimate of drug-likeness (QED) is 0.769. The van der Waals surface area contributed by atoms with Crippen molar-refractivity contribution in [1.29, 1.82) is 0 Å². The fourth-order valence-corrected chi connectivity index (χ4v) is 2.36. The second-order valence-corrected chi connectivity index (χ2v) is 5.18. The van der Waals surface area contributed by atoms with Gasteiger partial charge in [0.1, 0.15) is 0 Å². The summed E-state index contributed by atoms with van der Waals surface area (Å²) in [4.78, 5) is 15.1. The minimum atomic E-state index is -0.174. The highest BCUT2D eigenvalue weighted by molar-refractivity contribution is 5.97. The maximum absolute atomic E-state index is 12.0. The van der Waals surface area contributed by atoms with Crippen molar-refractivity contribution in [2.75, 3.05) is 6.54 Å². The van der Waals surface area contributed by atoms with Gasteiger partial charge in [0.25, 0.3) is 5.91 Å². The number of hydrogen-bond donors (Lipinski definition) is 3. The van der Waals surface area contributed by atoms with Crippen molar-refractivity contribution >= 4 is 16.8 Å². The van der Waals surface area contributed by atoms with E-state index in [4.69, 9.17) is 5.73 Å². The van der Waals surface area contributed by atoms with Crippen LogP contribution in [-0.2, 0) is 0 Å². The molecule has 1 aliphatic carbocycles. The van der Waals surface area contributed by atoms with E-state index < -0.39 is 0 Å². The van der Waals surface area contributed by atoms with E-state index in [1.807, 2.05) is 30.5 Å². The Balaban J connectivity index is 1.71. The lowest BCUT2D eigenvalue weighted by Gasteiger charge is -2.38. The molecular formula is C14H17N3O. The summed E-state index contributed by atoms with van der Waals surface area (Å²) in [5.41, 5.74) is 7.56. The number of nitrogens with one attached hydrogen (secondary N) is 2. The summed E-state index contributed by atoms with van der Waals surface area (Å²) in [7, 11) is 0. The molecular weight excluding hydrogens is 226 g/mol. The smallest absolute Gasteiger partial charge is 0.251 e. The summed E-state index contributed by atoms with van der Waals surface area (Å²) in [5, 5.41) is 4.03. The maximum Gasteiger partial charge on any atom is 0.251 e. The van der Waals surface area contributed by atoms with E-state index in [-0.39, 0.29) is 11.4 Å². The third-order valence-corrected chi connectivity index (χ3v) is 3.77. The number of H-pyrrole nitrogens is 1. The second-order valence-electron chi connectivity index (χ2n) is 5.18. The molecule has 1 aliphatic rings. The van der Waals surface area contributed by atoms with Crippen molar-refractivity contribution in [2.24, 2.45) is 5.73 Å². The van der Waals surface area contributed by atoms with Crippen LogP contribution in [-0.4, -0.2) is 23.0 Å². The van der Waals surface area contributed by atoms with Crippen molar-refractivity contribution in [2.45, 2.75) is 24.8 Å². The fraction of sp³-hybridized carbons (Fsp3) is 0.357. The van der Waals surface area contributed by atoms with Gasteiger partial charge in [0.05, 0.1) is 0 Å². The third kappa shape index (κ3) is 1.99. The Bertz CT molecular complexity index is 583. The van der Waals surface area contributed by atoms with Gasteiger partial charge >= 0.3 is 0 Å². The summed E-state index contributed by atoms with van der Waals surface area (Å²) in [5.74, 6) is -0.0526. The minimum absolute atomic E-state index is 0.0526. The third-order valence-electron chi connectivity index (χ3n) is 3.77. The lowest BCUT2D eigenvalue weighted by molar-refractivity contribution is 0.0930. The predicted octanol–water partition coefficient (Wildman–Crippen LogP) is 1.78. The van der Waals surface area contributed by atoms with Crippen molar-refractivity contribution in [3.8, 4) is 0 Å². The first kappa shape index (κ1) is 11.3. The van der Waals surface area contributed by atoms with Gasteiger partial charge in [0.15, 0.2) is 0 Å². The molecule has 4 nitrogen and oxygen atoms in total. The van der Waals surface area contributed by atoms with Gasteiger partial charge in [-0.2, -0.15) is 0 Å². The van der Waals surface area contributed by atoms with Crippen molar-refractivity contribution < 1.29 is 4.79 Å². The number of aromatic amines is 1. The summed E-state index contributed by atoms with van der Waals surface area (Å²) in [6, 6.07) is 7.65. The Hall–Kier alpha value is -1.81. The number of carbonyl (C=O) groups excluding carboxylic acids is 1. The van der Waals surface area contributed by atoms with Gasteiger partial charge in [-0.3, -0.25) is 4.79 Å². The van der Waals surface area contributed by atoms with Crippen LogP contribution < -0.4 is 11.1 Å². The number of amides is 1. The number of nitrogens with two attached hydrogens (primary N) is 1. The molecule has 3 rings (SSSR count). The van der Waals surface area contributed by atoms with Gasteiger partial charge < -0.3 is 16.0 Å². The van der Waals surface area contributed by atoms with Crippen LogP contribution >= 0.6 is 0 Å². The molecule has 0 unspecified atom stereocenters. The Morgan fingerprint density at radius 3 is 2.94 bits per heavy atom. The van der Waals surface area contributed by atoms with Crippen molar-refractivity contribution in [3.05, 3.63) is 36.0 Å². The lowest BCUT2D eigenvalue weighted by atomic mass is 9.78. The number of aromatic nitrogens is 1. The van der Waals surface area contributed by atoms with Gasteiger partial charge in [0, 0.05) is 29.4 Å². The molecule has 94 valence electrons. The van der Waals surface area contributed by atoms with E-state index in [2.05, 4.69) is 10.3 Å². The molecule has 1 saturated carbocycles. The zero-order valence-corrected chi connectivity index (χ0v) is 10.2. The SMILES string of the molecule is NC1(CNC(=O)c2ccc3cc[nH]c3c2)CCC1. The van der Waals surface area contributed by atoms with E-state index in [0.717, 1.165) is 23.7 Å². The summed E-state index contributed by atoms with van der Waals surface area (Å²) in [6.45, 7) is 0.564. The monoisotopic (exact) mass is 243 g/mol. The molecule has 0 spiro atoms. The number of hydrogen-bond acceptors (Lipinski definition) is 2. The Kier molecular flexibility index (Phi) is 2.59. The summed E-state index contributed by atoms with van der Waals surface area (Å²) < 4.78 is 0. The van der Waals surface area contributed by atoms with Crippen LogP contribution in [0.1, 0.15) is 29.6 Å². The van der Waals surface area contributed by atoms with Gasteiger partial charge in [-0.1, -0.05) is 6.07 Å². The van der Waals surface area contributed by atoms with Crippen molar-refractivity contribution in [1.82, 2.24) is 10.3 Å². The van der Waals surface area contributed by atoms with Crippen LogP contribution in [0.4, 0.5) is 0 Å². The van der Waals surface area contributed by atoms with E-state index in [1.54, 1.807) is 0 Å². The topological polar surface area (TPSA) is 70.9 Å². The minimum Gasteiger partial charge on any atom is -0.361 e. The molecule has 1 fully saturated rings.